The van der Waals surface area contributed by atoms with Crippen LogP contribution in [0.15, 0.2) is 77.9 Å². The third-order valence-corrected chi connectivity index (χ3v) is 6.89. The number of fused-ring (bicyclic) bond motifs is 1. The first kappa shape index (κ1) is 20.9. The quantitative estimate of drug-likeness (QED) is 0.661. The standard InChI is InChI=1S/C28H31N3O/c32-28(21-30-17-9-2-1-3-10-18-30)31-27(23-12-5-4-6-13-23)20-26(29-31)25-16-15-22-11-7-8-14-24(22)19-25/h4-8,11-16,19,27H,1-3,9-10,17-18,20-21H2/p+1/t27-/m1/s1. The molecule has 4 nitrogen and oxygen atoms in total. The van der Waals surface area contributed by atoms with E-state index in [1.807, 2.05) is 6.07 Å². The number of rotatable bonds is 4. The van der Waals surface area contributed by atoms with Gasteiger partial charge in [0.25, 0.3) is 5.91 Å². The highest BCUT2D eigenvalue weighted by atomic mass is 16.2. The number of hydrogen-bond acceptors (Lipinski definition) is 2. The van der Waals surface area contributed by atoms with E-state index in [1.54, 1.807) is 5.01 Å². The summed E-state index contributed by atoms with van der Waals surface area (Å²) in [6.07, 6.45) is 7.11. The number of hydrogen-bond donors (Lipinski definition) is 1. The summed E-state index contributed by atoms with van der Waals surface area (Å²) in [6, 6.07) is 25.2. The van der Waals surface area contributed by atoms with Crippen molar-refractivity contribution in [2.45, 2.75) is 44.6 Å². The predicted molar refractivity (Wildman–Crippen MR) is 130 cm³/mol. The fourth-order valence-corrected chi connectivity index (χ4v) is 5.10. The number of carbonyl (C=O) groups excluding carboxylic acids is 1. The van der Waals surface area contributed by atoms with Gasteiger partial charge in [-0.1, -0.05) is 73.2 Å². The van der Waals surface area contributed by atoms with Crippen molar-refractivity contribution in [1.29, 1.82) is 0 Å². The molecule has 2 aliphatic rings. The van der Waals surface area contributed by atoms with Gasteiger partial charge in [-0.05, 0) is 53.6 Å². The lowest BCUT2D eigenvalue weighted by Gasteiger charge is -2.26. The third kappa shape index (κ3) is 4.61. The summed E-state index contributed by atoms with van der Waals surface area (Å²) in [4.78, 5) is 14.9. The first-order valence-corrected chi connectivity index (χ1v) is 12.1. The Morgan fingerprint density at radius 1 is 0.844 bits per heavy atom. The molecule has 3 aromatic carbocycles. The molecule has 4 heteroatoms. The average Bonchev–Trinajstić information content (AvgIpc) is 3.27. The number of hydrazone groups is 1. The van der Waals surface area contributed by atoms with Crippen molar-refractivity contribution in [2.24, 2.45) is 5.10 Å². The average molecular weight is 427 g/mol. The van der Waals surface area contributed by atoms with E-state index < -0.39 is 0 Å². The lowest BCUT2D eigenvalue weighted by Crippen LogP contribution is -3.13. The maximum atomic E-state index is 13.5. The van der Waals surface area contributed by atoms with Gasteiger partial charge in [-0.2, -0.15) is 5.10 Å². The summed E-state index contributed by atoms with van der Waals surface area (Å²) in [5, 5.41) is 9.13. The van der Waals surface area contributed by atoms with Gasteiger partial charge in [0.15, 0.2) is 6.54 Å². The highest BCUT2D eigenvalue weighted by Crippen LogP contribution is 2.33. The molecule has 2 heterocycles. The minimum Gasteiger partial charge on any atom is -0.327 e. The fraction of sp³-hybridized carbons (Fsp3) is 0.357. The molecule has 3 aromatic rings. The number of nitrogens with zero attached hydrogens (tertiary/aromatic N) is 2. The summed E-state index contributed by atoms with van der Waals surface area (Å²) in [5.74, 6) is 0.144. The molecule has 0 bridgehead atoms. The van der Waals surface area contributed by atoms with Gasteiger partial charge in [-0.25, -0.2) is 5.01 Å². The molecule has 5 rings (SSSR count). The number of nitrogens with one attached hydrogen (secondary N) is 1. The van der Waals surface area contributed by atoms with E-state index in [-0.39, 0.29) is 11.9 Å². The molecule has 32 heavy (non-hydrogen) atoms. The highest BCUT2D eigenvalue weighted by molar-refractivity contribution is 6.05. The van der Waals surface area contributed by atoms with Crippen LogP contribution in [0.3, 0.4) is 0 Å². The lowest BCUT2D eigenvalue weighted by atomic mass is 9.97. The SMILES string of the molecule is O=C(C[NH+]1CCCCCCC1)N1N=C(c2ccc3ccccc3c2)C[C@@H]1c1ccccc1. The van der Waals surface area contributed by atoms with Crippen LogP contribution in [0.1, 0.15) is 55.7 Å². The Labute approximate surface area is 190 Å². The van der Waals surface area contributed by atoms with Gasteiger partial charge in [0, 0.05) is 6.42 Å². The van der Waals surface area contributed by atoms with Crippen LogP contribution in [-0.2, 0) is 4.79 Å². The van der Waals surface area contributed by atoms with Crippen molar-refractivity contribution >= 4 is 22.4 Å². The summed E-state index contributed by atoms with van der Waals surface area (Å²) in [5.41, 5.74) is 3.27. The fourth-order valence-electron chi connectivity index (χ4n) is 5.10. The van der Waals surface area contributed by atoms with Crippen molar-refractivity contribution in [1.82, 2.24) is 5.01 Å². The topological polar surface area (TPSA) is 37.1 Å². The molecule has 164 valence electrons. The first-order chi connectivity index (χ1) is 15.8. The molecule has 1 N–H and O–H groups in total. The van der Waals surface area contributed by atoms with Gasteiger partial charge in [-0.15, -0.1) is 0 Å². The van der Waals surface area contributed by atoms with Crippen LogP contribution < -0.4 is 4.90 Å². The van der Waals surface area contributed by atoms with Gasteiger partial charge < -0.3 is 4.90 Å². The molecule has 1 amide bonds. The van der Waals surface area contributed by atoms with Crippen LogP contribution in [0.5, 0.6) is 0 Å². The van der Waals surface area contributed by atoms with Gasteiger partial charge in [-0.3, -0.25) is 4.79 Å². The molecular weight excluding hydrogens is 394 g/mol. The second-order valence-corrected chi connectivity index (χ2v) is 9.17. The van der Waals surface area contributed by atoms with E-state index >= 15 is 0 Å². The van der Waals surface area contributed by atoms with Crippen LogP contribution in [-0.4, -0.2) is 36.3 Å². The largest absolute Gasteiger partial charge is 0.327 e. The van der Waals surface area contributed by atoms with Crippen molar-refractivity contribution in [3.05, 3.63) is 83.9 Å². The minimum atomic E-state index is -0.0284. The van der Waals surface area contributed by atoms with Crippen LogP contribution in [0.4, 0.5) is 0 Å². The molecule has 1 fully saturated rings. The summed E-state index contributed by atoms with van der Waals surface area (Å²) in [7, 11) is 0. The molecule has 0 radical (unpaired) electrons. The monoisotopic (exact) mass is 426 g/mol. The molecule has 0 unspecified atom stereocenters. The molecular formula is C28H32N3O+. The zero-order valence-corrected chi connectivity index (χ0v) is 18.7. The van der Waals surface area contributed by atoms with Crippen molar-refractivity contribution in [2.75, 3.05) is 19.6 Å². The summed E-state index contributed by atoms with van der Waals surface area (Å²) < 4.78 is 0. The first-order valence-electron chi connectivity index (χ1n) is 12.1. The smallest absolute Gasteiger partial charge is 0.298 e. The zero-order valence-electron chi connectivity index (χ0n) is 18.7. The van der Waals surface area contributed by atoms with E-state index in [9.17, 15) is 4.79 Å². The van der Waals surface area contributed by atoms with Gasteiger partial charge in [0.2, 0.25) is 0 Å². The van der Waals surface area contributed by atoms with E-state index in [1.165, 1.54) is 47.8 Å². The Morgan fingerprint density at radius 3 is 2.31 bits per heavy atom. The highest BCUT2D eigenvalue weighted by Gasteiger charge is 2.34. The predicted octanol–water partition coefficient (Wildman–Crippen LogP) is 4.37. The van der Waals surface area contributed by atoms with E-state index in [0.29, 0.717) is 6.54 Å². The molecule has 2 aliphatic heterocycles. The Hall–Kier alpha value is -2.98. The van der Waals surface area contributed by atoms with E-state index in [0.717, 1.165) is 36.3 Å². The second-order valence-electron chi connectivity index (χ2n) is 9.17. The number of benzene rings is 3. The van der Waals surface area contributed by atoms with Crippen molar-refractivity contribution < 1.29 is 9.69 Å². The van der Waals surface area contributed by atoms with Gasteiger partial charge in [0.1, 0.15) is 0 Å². The van der Waals surface area contributed by atoms with E-state index in [4.69, 9.17) is 5.10 Å². The minimum absolute atomic E-state index is 0.0284. The summed E-state index contributed by atoms with van der Waals surface area (Å²) >= 11 is 0. The molecule has 0 spiro atoms. The molecule has 0 aliphatic carbocycles. The van der Waals surface area contributed by atoms with Crippen LogP contribution >= 0.6 is 0 Å². The number of likely N-dealkylation sites (tertiary alicyclic amines) is 1. The van der Waals surface area contributed by atoms with Crippen LogP contribution in [0.2, 0.25) is 0 Å². The van der Waals surface area contributed by atoms with Crippen LogP contribution in [0, 0.1) is 0 Å². The Bertz CT molecular complexity index is 1100. The van der Waals surface area contributed by atoms with Crippen molar-refractivity contribution in [3.63, 3.8) is 0 Å². The summed E-state index contributed by atoms with van der Waals surface area (Å²) in [6.45, 7) is 2.73. The van der Waals surface area contributed by atoms with Crippen LogP contribution in [0.25, 0.3) is 10.8 Å². The van der Waals surface area contributed by atoms with E-state index in [2.05, 4.69) is 66.7 Å². The number of amides is 1. The zero-order chi connectivity index (χ0) is 21.8. The van der Waals surface area contributed by atoms with Gasteiger partial charge >= 0.3 is 0 Å². The van der Waals surface area contributed by atoms with Gasteiger partial charge in [0.05, 0.1) is 24.8 Å². The third-order valence-electron chi connectivity index (χ3n) is 6.89. The van der Waals surface area contributed by atoms with Crippen molar-refractivity contribution in [3.8, 4) is 0 Å². The molecule has 1 saturated heterocycles. The number of quaternary nitrogens is 1. The maximum absolute atomic E-state index is 13.5. The molecule has 0 aromatic heterocycles. The lowest BCUT2D eigenvalue weighted by molar-refractivity contribution is -0.893. The molecule has 1 atom stereocenters. The molecule has 0 saturated carbocycles. The second kappa shape index (κ2) is 9.66. The normalized spacial score (nSPS) is 20.1. The maximum Gasteiger partial charge on any atom is 0.298 e. The Morgan fingerprint density at radius 2 is 1.53 bits per heavy atom. The Kier molecular flexibility index (Phi) is 6.31. The Balaban J connectivity index is 1.42. The number of carbonyl (C=O) groups is 1.